The highest BCUT2D eigenvalue weighted by Crippen LogP contribution is 2.30. The number of fused-ring (bicyclic) bond motifs is 1. The average Bonchev–Trinajstić information content (AvgIpc) is 3.39. The summed E-state index contributed by atoms with van der Waals surface area (Å²) in [5.41, 5.74) is 1.48. The van der Waals surface area contributed by atoms with Crippen molar-refractivity contribution >= 4 is 27.3 Å². The van der Waals surface area contributed by atoms with E-state index < -0.39 is 15.9 Å². The Labute approximate surface area is 161 Å². The number of nitrogens with one attached hydrogen (secondary N) is 2. The predicted molar refractivity (Wildman–Crippen MR) is 102 cm³/mol. The van der Waals surface area contributed by atoms with Gasteiger partial charge in [0.2, 0.25) is 10.0 Å². The van der Waals surface area contributed by atoms with E-state index >= 15 is 0 Å². The van der Waals surface area contributed by atoms with Crippen molar-refractivity contribution in [2.24, 2.45) is 0 Å². The maximum Gasteiger partial charge on any atom is 0.261 e. The van der Waals surface area contributed by atoms with E-state index in [1.54, 1.807) is 25.4 Å². The van der Waals surface area contributed by atoms with Crippen LogP contribution in [0.5, 0.6) is 5.75 Å². The van der Waals surface area contributed by atoms with Crippen molar-refractivity contribution in [3.63, 3.8) is 0 Å². The molecule has 0 aliphatic heterocycles. The summed E-state index contributed by atoms with van der Waals surface area (Å²) in [6.07, 6.45) is 4.94. The van der Waals surface area contributed by atoms with Crippen molar-refractivity contribution in [3.8, 4) is 5.75 Å². The predicted octanol–water partition coefficient (Wildman–Crippen LogP) is 1.74. The first-order chi connectivity index (χ1) is 13.4. The van der Waals surface area contributed by atoms with Gasteiger partial charge < -0.3 is 10.1 Å². The molecule has 1 amide bonds. The van der Waals surface area contributed by atoms with E-state index in [1.807, 2.05) is 0 Å². The summed E-state index contributed by atoms with van der Waals surface area (Å²) in [7, 11) is -2.21. The Morgan fingerprint density at radius 1 is 1.32 bits per heavy atom. The van der Waals surface area contributed by atoms with Gasteiger partial charge in [-0.25, -0.2) is 22.6 Å². The van der Waals surface area contributed by atoms with Gasteiger partial charge >= 0.3 is 0 Å². The summed E-state index contributed by atoms with van der Waals surface area (Å²) in [6, 6.07) is 6.04. The summed E-state index contributed by atoms with van der Waals surface area (Å²) < 4.78 is 34.4. The monoisotopic (exact) mass is 401 g/mol. The van der Waals surface area contributed by atoms with Gasteiger partial charge in [0, 0.05) is 18.4 Å². The number of hydrogen-bond donors (Lipinski definition) is 2. The molecule has 0 radical (unpaired) electrons. The van der Waals surface area contributed by atoms with Crippen LogP contribution in [0.2, 0.25) is 0 Å². The van der Waals surface area contributed by atoms with Crippen LogP contribution in [0.1, 0.15) is 28.9 Å². The number of benzene rings is 1. The molecule has 1 fully saturated rings. The van der Waals surface area contributed by atoms with Gasteiger partial charge in [-0.3, -0.25) is 4.79 Å². The molecule has 28 heavy (non-hydrogen) atoms. The minimum atomic E-state index is -3.66. The zero-order chi connectivity index (χ0) is 19.9. The van der Waals surface area contributed by atoms with Crippen LogP contribution in [0.4, 0.5) is 5.69 Å². The number of aromatic nitrogens is 3. The summed E-state index contributed by atoms with van der Waals surface area (Å²) in [5.74, 6) is -0.102. The van der Waals surface area contributed by atoms with E-state index in [-0.39, 0.29) is 16.6 Å². The van der Waals surface area contributed by atoms with Gasteiger partial charge in [0.15, 0.2) is 5.65 Å². The van der Waals surface area contributed by atoms with Crippen LogP contribution in [-0.2, 0) is 10.0 Å². The molecule has 146 valence electrons. The lowest BCUT2D eigenvalue weighted by Crippen LogP contribution is -2.26. The van der Waals surface area contributed by atoms with Crippen molar-refractivity contribution in [1.82, 2.24) is 19.3 Å². The van der Waals surface area contributed by atoms with Gasteiger partial charge in [0.1, 0.15) is 11.3 Å². The zero-order valence-electron chi connectivity index (χ0n) is 15.3. The molecular formula is C18H19N5O4S. The molecule has 0 unspecified atom stereocenters. The van der Waals surface area contributed by atoms with Crippen LogP contribution in [0.25, 0.3) is 5.65 Å². The number of rotatable bonds is 6. The molecule has 2 aromatic heterocycles. The van der Waals surface area contributed by atoms with E-state index in [1.165, 1.54) is 29.8 Å². The molecule has 4 rings (SSSR count). The Balaban J connectivity index is 1.69. The number of carbonyl (C=O) groups excluding carboxylic acids is 1. The van der Waals surface area contributed by atoms with Crippen LogP contribution in [0.3, 0.4) is 0 Å². The third kappa shape index (κ3) is 3.43. The fourth-order valence-electron chi connectivity index (χ4n) is 2.89. The fraction of sp³-hybridized carbons (Fsp3) is 0.278. The summed E-state index contributed by atoms with van der Waals surface area (Å²) in [4.78, 5) is 17.2. The fourth-order valence-corrected chi connectivity index (χ4v) is 4.22. The summed E-state index contributed by atoms with van der Waals surface area (Å²) in [6.45, 7) is 1.71. The second-order valence-electron chi connectivity index (χ2n) is 6.56. The van der Waals surface area contributed by atoms with Crippen molar-refractivity contribution in [3.05, 3.63) is 47.9 Å². The number of anilines is 1. The molecule has 1 aliphatic carbocycles. The highest BCUT2D eigenvalue weighted by molar-refractivity contribution is 7.89. The van der Waals surface area contributed by atoms with E-state index in [2.05, 4.69) is 20.1 Å². The number of methoxy groups -OCH3 is 1. The van der Waals surface area contributed by atoms with Crippen LogP contribution in [0, 0.1) is 6.92 Å². The van der Waals surface area contributed by atoms with Gasteiger partial charge in [-0.2, -0.15) is 5.10 Å². The maximum atomic E-state index is 12.9. The quantitative estimate of drug-likeness (QED) is 0.650. The Morgan fingerprint density at radius 3 is 2.82 bits per heavy atom. The highest BCUT2D eigenvalue weighted by Gasteiger charge is 2.28. The van der Waals surface area contributed by atoms with Crippen LogP contribution >= 0.6 is 0 Å². The van der Waals surface area contributed by atoms with Crippen LogP contribution in [-0.4, -0.2) is 42.1 Å². The van der Waals surface area contributed by atoms with E-state index in [9.17, 15) is 13.2 Å². The minimum absolute atomic E-state index is 0.0161. The molecule has 2 heterocycles. The van der Waals surface area contributed by atoms with Gasteiger partial charge in [0.05, 0.1) is 23.4 Å². The number of aryl methyl sites for hydroxylation is 1. The minimum Gasteiger partial charge on any atom is -0.495 e. The van der Waals surface area contributed by atoms with Gasteiger partial charge in [-0.05, 0) is 44.0 Å². The van der Waals surface area contributed by atoms with Crippen molar-refractivity contribution in [1.29, 1.82) is 0 Å². The third-order valence-electron chi connectivity index (χ3n) is 4.43. The highest BCUT2D eigenvalue weighted by atomic mass is 32.2. The Hall–Kier alpha value is -2.98. The average molecular weight is 401 g/mol. The molecule has 0 bridgehead atoms. The first-order valence-corrected chi connectivity index (χ1v) is 10.2. The van der Waals surface area contributed by atoms with E-state index in [4.69, 9.17) is 4.74 Å². The number of hydrogen-bond acceptors (Lipinski definition) is 6. The molecule has 0 atom stereocenters. The molecule has 0 saturated heterocycles. The molecule has 1 aromatic carbocycles. The normalized spacial score (nSPS) is 14.2. The number of nitrogens with zero attached hydrogens (tertiary/aromatic N) is 3. The molecule has 1 aliphatic rings. The molecule has 10 heteroatoms. The lowest BCUT2D eigenvalue weighted by Gasteiger charge is -2.13. The molecule has 2 N–H and O–H groups in total. The Morgan fingerprint density at radius 2 is 2.11 bits per heavy atom. The van der Waals surface area contributed by atoms with Crippen molar-refractivity contribution < 1.29 is 17.9 Å². The standard InChI is InChI=1S/C18H19N5O4S/c1-11-16(17-19-8-3-9-23(17)21-11)18(24)20-14-10-13(6-7-15(14)27-2)28(25,26)22-12-4-5-12/h3,6-10,12,22H,4-5H2,1-2H3,(H,20,24). The first-order valence-electron chi connectivity index (χ1n) is 8.71. The second-order valence-corrected chi connectivity index (χ2v) is 8.27. The second kappa shape index (κ2) is 6.88. The summed E-state index contributed by atoms with van der Waals surface area (Å²) in [5, 5.41) is 7.00. The number of ether oxygens (including phenoxy) is 1. The molecule has 9 nitrogen and oxygen atoms in total. The summed E-state index contributed by atoms with van der Waals surface area (Å²) >= 11 is 0. The van der Waals surface area contributed by atoms with Crippen molar-refractivity contribution in [2.45, 2.75) is 30.7 Å². The van der Waals surface area contributed by atoms with Crippen LogP contribution in [0.15, 0.2) is 41.6 Å². The van der Waals surface area contributed by atoms with Gasteiger partial charge in [-0.1, -0.05) is 0 Å². The molecule has 3 aromatic rings. The molecular weight excluding hydrogens is 382 g/mol. The Bertz CT molecular complexity index is 1170. The van der Waals surface area contributed by atoms with E-state index in [0.717, 1.165) is 12.8 Å². The van der Waals surface area contributed by atoms with Crippen molar-refractivity contribution in [2.75, 3.05) is 12.4 Å². The Kier molecular flexibility index (Phi) is 4.52. The van der Waals surface area contributed by atoms with Gasteiger partial charge in [-0.15, -0.1) is 0 Å². The topological polar surface area (TPSA) is 115 Å². The molecule has 1 saturated carbocycles. The van der Waals surface area contributed by atoms with Crippen LogP contribution < -0.4 is 14.8 Å². The number of amides is 1. The SMILES string of the molecule is COc1ccc(S(=O)(=O)NC2CC2)cc1NC(=O)c1c(C)nn2cccnc12. The van der Waals surface area contributed by atoms with Gasteiger partial charge in [0.25, 0.3) is 5.91 Å². The van der Waals surface area contributed by atoms with E-state index in [0.29, 0.717) is 22.7 Å². The third-order valence-corrected chi connectivity index (χ3v) is 5.94. The smallest absolute Gasteiger partial charge is 0.261 e. The lowest BCUT2D eigenvalue weighted by molar-refractivity contribution is 0.102. The largest absolute Gasteiger partial charge is 0.495 e. The first kappa shape index (κ1) is 18.4. The maximum absolute atomic E-state index is 12.9. The zero-order valence-corrected chi connectivity index (χ0v) is 16.2. The number of carbonyl (C=O) groups is 1. The molecule has 0 spiro atoms. The number of sulfonamides is 1. The lowest BCUT2D eigenvalue weighted by atomic mass is 10.2.